The van der Waals surface area contributed by atoms with Crippen LogP contribution in [0.3, 0.4) is 0 Å². The maximum atomic E-state index is 12.7. The molecule has 292 valence electrons. The van der Waals surface area contributed by atoms with E-state index in [0.717, 1.165) is 57.8 Å². The number of ether oxygens (including phenoxy) is 3. The lowest BCUT2D eigenvalue weighted by Gasteiger charge is -2.31. The number of carbonyl (C=O) groups excluding carboxylic acids is 2. The molecule has 0 bridgehead atoms. The molecular weight excluding hydrogens is 642 g/mol. The van der Waals surface area contributed by atoms with Gasteiger partial charge in [-0.15, -0.1) is 0 Å². The molecule has 0 aliphatic rings. The monoisotopic (exact) mass is 717 g/mol. The molecule has 0 saturated carbocycles. The minimum atomic E-state index is -0.886. The second-order valence-electron chi connectivity index (χ2n) is 14.3. The van der Waals surface area contributed by atoms with Gasteiger partial charge < -0.3 is 23.8 Å². The van der Waals surface area contributed by atoms with Crippen LogP contribution >= 0.6 is 0 Å². The maximum Gasteiger partial charge on any atom is 0.362 e. The molecule has 51 heavy (non-hydrogen) atoms. The molecule has 1 N–H and O–H groups in total. The fourth-order valence-electron chi connectivity index (χ4n) is 5.34. The van der Waals surface area contributed by atoms with Gasteiger partial charge in [0.05, 0.1) is 34.4 Å². The van der Waals surface area contributed by atoms with Crippen molar-refractivity contribution in [1.82, 2.24) is 0 Å². The SMILES string of the molecule is CCCCC/C=C/C=C/C=C/C=C/CCCCCCCC(=O)OC(COCCC(C(=O)O)[N+](C)(C)C)COC(=O)CCC/C=C/CCCCCC. The predicted molar refractivity (Wildman–Crippen MR) is 211 cm³/mol. The predicted octanol–water partition coefficient (Wildman–Crippen LogP) is 10.2. The number of aliphatic carboxylic acids is 1. The average molecular weight is 717 g/mol. The molecule has 0 aliphatic carbocycles. The van der Waals surface area contributed by atoms with Crippen molar-refractivity contribution in [2.75, 3.05) is 41.0 Å². The summed E-state index contributed by atoms with van der Waals surface area (Å²) in [6, 6.07) is -0.623. The molecule has 8 nitrogen and oxygen atoms in total. The van der Waals surface area contributed by atoms with Gasteiger partial charge in [-0.3, -0.25) is 9.59 Å². The van der Waals surface area contributed by atoms with E-state index >= 15 is 0 Å². The van der Waals surface area contributed by atoms with Gasteiger partial charge in [-0.2, -0.15) is 0 Å². The maximum absolute atomic E-state index is 12.7. The molecule has 2 unspecified atom stereocenters. The van der Waals surface area contributed by atoms with Crippen LogP contribution in [0.25, 0.3) is 0 Å². The summed E-state index contributed by atoms with van der Waals surface area (Å²) in [5.41, 5.74) is 0. The van der Waals surface area contributed by atoms with Crippen LogP contribution in [-0.4, -0.2) is 80.6 Å². The van der Waals surface area contributed by atoms with Crippen LogP contribution in [0.1, 0.15) is 142 Å². The zero-order valence-corrected chi connectivity index (χ0v) is 33.0. The lowest BCUT2D eigenvalue weighted by molar-refractivity contribution is -0.887. The molecule has 0 heterocycles. The number of nitrogens with zero attached hydrogens (tertiary/aromatic N) is 1. The highest BCUT2D eigenvalue weighted by Gasteiger charge is 2.31. The quantitative estimate of drug-likeness (QED) is 0.0233. The van der Waals surface area contributed by atoms with Crippen molar-refractivity contribution in [3.63, 3.8) is 0 Å². The van der Waals surface area contributed by atoms with E-state index in [1.54, 1.807) is 0 Å². The molecule has 0 fully saturated rings. The van der Waals surface area contributed by atoms with Crippen LogP contribution in [-0.2, 0) is 28.6 Å². The van der Waals surface area contributed by atoms with Gasteiger partial charge in [-0.25, -0.2) is 4.79 Å². The summed E-state index contributed by atoms with van der Waals surface area (Å²) in [4.78, 5) is 36.7. The fraction of sp³-hybridized carbons (Fsp3) is 0.698. The zero-order chi connectivity index (χ0) is 37.8. The minimum Gasteiger partial charge on any atom is -0.477 e. The molecular formula is C43H74NO7+. The summed E-state index contributed by atoms with van der Waals surface area (Å²) in [6.07, 6.45) is 39.8. The van der Waals surface area contributed by atoms with Crippen molar-refractivity contribution in [3.05, 3.63) is 60.8 Å². The first kappa shape index (κ1) is 48.0. The number of carbonyl (C=O) groups is 3. The third-order valence-corrected chi connectivity index (χ3v) is 8.48. The largest absolute Gasteiger partial charge is 0.477 e. The Bertz CT molecular complexity index is 1020. The number of allylic oxidation sites excluding steroid dienone is 10. The van der Waals surface area contributed by atoms with Crippen molar-refractivity contribution < 1.29 is 38.2 Å². The number of hydrogen-bond acceptors (Lipinski definition) is 6. The Morgan fingerprint density at radius 3 is 1.69 bits per heavy atom. The Balaban J connectivity index is 4.47. The van der Waals surface area contributed by atoms with Gasteiger partial charge in [0.1, 0.15) is 6.61 Å². The van der Waals surface area contributed by atoms with E-state index in [-0.39, 0.29) is 36.2 Å². The third-order valence-electron chi connectivity index (χ3n) is 8.48. The summed E-state index contributed by atoms with van der Waals surface area (Å²) in [7, 11) is 5.49. The summed E-state index contributed by atoms with van der Waals surface area (Å²) in [5.74, 6) is -1.55. The molecule has 0 aromatic rings. The molecule has 0 spiro atoms. The highest BCUT2D eigenvalue weighted by atomic mass is 16.6. The first-order valence-corrected chi connectivity index (χ1v) is 19.9. The van der Waals surface area contributed by atoms with Gasteiger partial charge >= 0.3 is 17.9 Å². The Kier molecular flexibility index (Phi) is 32.1. The topological polar surface area (TPSA) is 99.1 Å². The summed E-state index contributed by atoms with van der Waals surface area (Å²) >= 11 is 0. The van der Waals surface area contributed by atoms with Crippen molar-refractivity contribution in [2.24, 2.45) is 0 Å². The summed E-state index contributed by atoms with van der Waals surface area (Å²) in [6.45, 7) is 4.58. The number of likely N-dealkylation sites (N-methyl/N-ethyl adjacent to an activating group) is 1. The first-order valence-electron chi connectivity index (χ1n) is 19.9. The van der Waals surface area contributed by atoms with Crippen molar-refractivity contribution in [3.8, 4) is 0 Å². The van der Waals surface area contributed by atoms with E-state index in [1.807, 2.05) is 27.2 Å². The molecule has 0 amide bonds. The highest BCUT2D eigenvalue weighted by Crippen LogP contribution is 2.12. The lowest BCUT2D eigenvalue weighted by Crippen LogP contribution is -2.50. The Hall–Kier alpha value is -2.97. The Morgan fingerprint density at radius 2 is 1.08 bits per heavy atom. The van der Waals surface area contributed by atoms with E-state index in [9.17, 15) is 19.5 Å². The first-order chi connectivity index (χ1) is 24.6. The molecule has 0 radical (unpaired) electrons. The van der Waals surface area contributed by atoms with Gasteiger partial charge in [0.25, 0.3) is 0 Å². The molecule has 0 aliphatic heterocycles. The van der Waals surface area contributed by atoms with Crippen LogP contribution < -0.4 is 0 Å². The van der Waals surface area contributed by atoms with Crippen molar-refractivity contribution in [1.29, 1.82) is 0 Å². The number of carboxylic acids is 1. The molecule has 0 rings (SSSR count). The molecule has 0 aromatic heterocycles. The number of unbranched alkanes of at least 4 members (excludes halogenated alkanes) is 13. The fourth-order valence-corrected chi connectivity index (χ4v) is 5.34. The second-order valence-corrected chi connectivity index (χ2v) is 14.3. The van der Waals surface area contributed by atoms with E-state index in [1.165, 1.54) is 44.9 Å². The van der Waals surface area contributed by atoms with Crippen LogP contribution in [0, 0.1) is 0 Å². The van der Waals surface area contributed by atoms with Crippen molar-refractivity contribution >= 4 is 17.9 Å². The normalized spacial score (nSPS) is 13.7. The average Bonchev–Trinajstić information content (AvgIpc) is 3.08. The summed E-state index contributed by atoms with van der Waals surface area (Å²) < 4.78 is 17.1. The second kappa shape index (κ2) is 34.1. The van der Waals surface area contributed by atoms with Crippen LogP contribution in [0.4, 0.5) is 0 Å². The van der Waals surface area contributed by atoms with Crippen LogP contribution in [0.2, 0.25) is 0 Å². The highest BCUT2D eigenvalue weighted by molar-refractivity contribution is 5.72. The van der Waals surface area contributed by atoms with Crippen LogP contribution in [0.15, 0.2) is 60.8 Å². The lowest BCUT2D eigenvalue weighted by atomic mass is 10.1. The Labute approximate surface area is 311 Å². The molecule has 2 atom stereocenters. The van der Waals surface area contributed by atoms with Crippen molar-refractivity contribution in [2.45, 2.75) is 154 Å². The zero-order valence-electron chi connectivity index (χ0n) is 33.0. The van der Waals surface area contributed by atoms with E-state index < -0.39 is 18.1 Å². The molecule has 0 saturated heterocycles. The molecule has 8 heteroatoms. The smallest absolute Gasteiger partial charge is 0.362 e. The van der Waals surface area contributed by atoms with E-state index in [0.29, 0.717) is 25.7 Å². The van der Waals surface area contributed by atoms with Gasteiger partial charge in [0.15, 0.2) is 12.1 Å². The van der Waals surface area contributed by atoms with Gasteiger partial charge in [0, 0.05) is 19.3 Å². The summed E-state index contributed by atoms with van der Waals surface area (Å²) in [5, 5.41) is 9.58. The number of esters is 2. The number of hydrogen-bond donors (Lipinski definition) is 1. The van der Waals surface area contributed by atoms with Gasteiger partial charge in [0.2, 0.25) is 0 Å². The van der Waals surface area contributed by atoms with E-state index in [4.69, 9.17) is 14.2 Å². The van der Waals surface area contributed by atoms with Crippen LogP contribution in [0.5, 0.6) is 0 Å². The Morgan fingerprint density at radius 1 is 0.588 bits per heavy atom. The number of quaternary nitrogens is 1. The number of rotatable bonds is 34. The van der Waals surface area contributed by atoms with E-state index in [2.05, 4.69) is 68.5 Å². The minimum absolute atomic E-state index is 0.0401. The van der Waals surface area contributed by atoms with Gasteiger partial charge in [-0.1, -0.05) is 126 Å². The molecule has 0 aromatic carbocycles. The number of carboxylic acid groups (broad SMARTS) is 1. The third kappa shape index (κ3) is 32.7. The standard InChI is InChI=1S/C43H73NO7/c1-6-8-10-12-14-16-17-18-19-20-21-22-23-24-26-28-30-32-34-42(46)51-39(37-49-36-35-40(43(47)48)44(3,4)5)38-50-41(45)33-31-29-27-25-15-13-11-9-7-2/h14,16-22,25,27,39-40H,6-13,15,23-24,26,28-38H2,1-5H3/p+1/b16-14+,18-17+,20-19+,22-21+,27-25+. The van der Waals surface area contributed by atoms with Gasteiger partial charge in [-0.05, 0) is 57.8 Å².